The number of H-pyrrole nitrogens is 1. The minimum Gasteiger partial charge on any atom is -0.493 e. The number of fused-ring (bicyclic) bond motifs is 1. The van der Waals surface area contributed by atoms with Crippen molar-refractivity contribution in [1.29, 1.82) is 0 Å². The number of hydrogen-bond donors (Lipinski definition) is 2. The molecule has 2 N–H and O–H groups in total. The molecule has 1 aromatic heterocycles. The second kappa shape index (κ2) is 6.58. The van der Waals surface area contributed by atoms with Crippen molar-refractivity contribution in [1.82, 2.24) is 20.7 Å². The zero-order valence-electron chi connectivity index (χ0n) is 12.0. The standard InChI is InChI=1S/C15H19BrN4O/c1-2-4-17-13(14-9-18-20-19-14)8-11-7-12(16)6-10-3-5-21-15(10)11/h6-7,9,13,17H,2-5,8H2,1H3,(H,18,19,20). The maximum absolute atomic E-state index is 5.81. The molecular formula is C15H19BrN4O. The molecule has 21 heavy (non-hydrogen) atoms. The quantitative estimate of drug-likeness (QED) is 0.840. The Morgan fingerprint density at radius 3 is 3.14 bits per heavy atom. The van der Waals surface area contributed by atoms with Gasteiger partial charge in [0.15, 0.2) is 0 Å². The first-order valence-corrected chi connectivity index (χ1v) is 8.10. The molecule has 0 fully saturated rings. The van der Waals surface area contributed by atoms with Crippen LogP contribution in [0.25, 0.3) is 0 Å². The fourth-order valence-corrected chi connectivity index (χ4v) is 3.25. The van der Waals surface area contributed by atoms with Crippen LogP contribution < -0.4 is 10.1 Å². The molecule has 1 unspecified atom stereocenters. The van der Waals surface area contributed by atoms with Gasteiger partial charge in [0.05, 0.1) is 24.5 Å². The van der Waals surface area contributed by atoms with Crippen molar-refractivity contribution in [3.05, 3.63) is 39.6 Å². The average Bonchev–Trinajstić information content (AvgIpc) is 3.13. The number of ether oxygens (including phenoxy) is 1. The molecule has 1 aliphatic rings. The molecule has 0 saturated carbocycles. The number of benzene rings is 1. The molecule has 5 nitrogen and oxygen atoms in total. The lowest BCUT2D eigenvalue weighted by Crippen LogP contribution is -2.24. The Kier molecular flexibility index (Phi) is 4.55. The summed E-state index contributed by atoms with van der Waals surface area (Å²) in [5.41, 5.74) is 3.44. The molecule has 0 radical (unpaired) electrons. The molecule has 0 saturated heterocycles. The van der Waals surface area contributed by atoms with Gasteiger partial charge in [-0.2, -0.15) is 15.4 Å². The number of rotatable bonds is 6. The van der Waals surface area contributed by atoms with Gasteiger partial charge in [-0.25, -0.2) is 0 Å². The first kappa shape index (κ1) is 14.5. The monoisotopic (exact) mass is 350 g/mol. The fourth-order valence-electron chi connectivity index (χ4n) is 2.70. The van der Waals surface area contributed by atoms with E-state index < -0.39 is 0 Å². The van der Waals surface area contributed by atoms with Crippen molar-refractivity contribution in [3.63, 3.8) is 0 Å². The van der Waals surface area contributed by atoms with Crippen LogP contribution in [-0.2, 0) is 12.8 Å². The molecule has 112 valence electrons. The van der Waals surface area contributed by atoms with Crippen LogP contribution in [0.5, 0.6) is 5.75 Å². The van der Waals surface area contributed by atoms with E-state index in [1.807, 2.05) is 0 Å². The lowest BCUT2D eigenvalue weighted by atomic mass is 10.00. The Labute approximate surface area is 132 Å². The predicted molar refractivity (Wildman–Crippen MR) is 84.5 cm³/mol. The molecule has 2 aromatic rings. The number of nitrogens with one attached hydrogen (secondary N) is 2. The van der Waals surface area contributed by atoms with Gasteiger partial charge in [0.25, 0.3) is 0 Å². The Morgan fingerprint density at radius 2 is 2.38 bits per heavy atom. The van der Waals surface area contributed by atoms with E-state index in [1.165, 1.54) is 11.1 Å². The Balaban J connectivity index is 1.86. The summed E-state index contributed by atoms with van der Waals surface area (Å²) in [5.74, 6) is 1.05. The molecule has 6 heteroatoms. The van der Waals surface area contributed by atoms with Crippen LogP contribution in [0.3, 0.4) is 0 Å². The number of aromatic amines is 1. The van der Waals surface area contributed by atoms with Gasteiger partial charge in [-0.1, -0.05) is 22.9 Å². The van der Waals surface area contributed by atoms with Crippen molar-refractivity contribution < 1.29 is 4.74 Å². The topological polar surface area (TPSA) is 62.8 Å². The summed E-state index contributed by atoms with van der Waals surface area (Å²) >= 11 is 3.60. The lowest BCUT2D eigenvalue weighted by molar-refractivity contribution is 0.351. The minimum absolute atomic E-state index is 0.145. The fraction of sp³-hybridized carbons (Fsp3) is 0.467. The number of halogens is 1. The van der Waals surface area contributed by atoms with Gasteiger partial charge in [-0.15, -0.1) is 0 Å². The summed E-state index contributed by atoms with van der Waals surface area (Å²) in [6.45, 7) is 3.89. The van der Waals surface area contributed by atoms with Crippen molar-refractivity contribution in [3.8, 4) is 5.75 Å². The van der Waals surface area contributed by atoms with Crippen LogP contribution in [0.4, 0.5) is 0 Å². The second-order valence-corrected chi connectivity index (χ2v) is 6.17. The van der Waals surface area contributed by atoms with E-state index in [0.29, 0.717) is 0 Å². The Morgan fingerprint density at radius 1 is 1.48 bits per heavy atom. The van der Waals surface area contributed by atoms with Crippen LogP contribution in [0.2, 0.25) is 0 Å². The zero-order valence-corrected chi connectivity index (χ0v) is 13.6. The summed E-state index contributed by atoms with van der Waals surface area (Å²) in [6.07, 6.45) is 4.70. The first-order valence-electron chi connectivity index (χ1n) is 7.31. The van der Waals surface area contributed by atoms with Crippen molar-refractivity contribution >= 4 is 15.9 Å². The second-order valence-electron chi connectivity index (χ2n) is 5.26. The van der Waals surface area contributed by atoms with Gasteiger partial charge >= 0.3 is 0 Å². The van der Waals surface area contributed by atoms with Gasteiger partial charge in [0, 0.05) is 10.9 Å². The molecule has 0 amide bonds. The highest BCUT2D eigenvalue weighted by Gasteiger charge is 2.22. The summed E-state index contributed by atoms with van der Waals surface area (Å²) < 4.78 is 6.92. The van der Waals surface area contributed by atoms with Crippen LogP contribution in [-0.4, -0.2) is 28.6 Å². The normalized spacial score (nSPS) is 14.8. The Hall–Kier alpha value is -1.40. The molecular weight excluding hydrogens is 332 g/mol. The highest BCUT2D eigenvalue weighted by molar-refractivity contribution is 9.10. The van der Waals surface area contributed by atoms with Crippen LogP contribution in [0, 0.1) is 0 Å². The van der Waals surface area contributed by atoms with Gasteiger partial charge < -0.3 is 10.1 Å². The summed E-state index contributed by atoms with van der Waals surface area (Å²) in [6, 6.07) is 4.44. The molecule has 1 aliphatic heterocycles. The lowest BCUT2D eigenvalue weighted by Gasteiger charge is -2.18. The van der Waals surface area contributed by atoms with Gasteiger partial charge in [0.1, 0.15) is 5.75 Å². The third kappa shape index (κ3) is 3.27. The number of aromatic nitrogens is 3. The highest BCUT2D eigenvalue weighted by atomic mass is 79.9. The van der Waals surface area contributed by atoms with Crippen molar-refractivity contribution in [2.75, 3.05) is 13.2 Å². The molecule has 0 bridgehead atoms. The van der Waals surface area contributed by atoms with Crippen LogP contribution in [0.1, 0.15) is 36.2 Å². The van der Waals surface area contributed by atoms with E-state index >= 15 is 0 Å². The molecule has 1 aromatic carbocycles. The van der Waals surface area contributed by atoms with Gasteiger partial charge in [-0.3, -0.25) is 0 Å². The first-order chi connectivity index (χ1) is 10.3. The third-order valence-electron chi connectivity index (χ3n) is 3.68. The number of hydrogen-bond acceptors (Lipinski definition) is 4. The number of nitrogens with zero attached hydrogens (tertiary/aromatic N) is 2. The minimum atomic E-state index is 0.145. The predicted octanol–water partition coefficient (Wildman–Crippen LogP) is 2.79. The maximum Gasteiger partial charge on any atom is 0.125 e. The van der Waals surface area contributed by atoms with Gasteiger partial charge in [0.2, 0.25) is 0 Å². The van der Waals surface area contributed by atoms with Crippen molar-refractivity contribution in [2.45, 2.75) is 32.2 Å². The van der Waals surface area contributed by atoms with E-state index in [0.717, 1.165) is 48.3 Å². The third-order valence-corrected chi connectivity index (χ3v) is 4.14. The largest absolute Gasteiger partial charge is 0.493 e. The molecule has 0 aliphatic carbocycles. The molecule has 2 heterocycles. The van der Waals surface area contributed by atoms with Crippen LogP contribution >= 0.6 is 15.9 Å². The van der Waals surface area contributed by atoms with E-state index in [2.05, 4.69) is 55.7 Å². The summed E-state index contributed by atoms with van der Waals surface area (Å²) in [5, 5.41) is 14.4. The van der Waals surface area contributed by atoms with E-state index in [4.69, 9.17) is 4.74 Å². The van der Waals surface area contributed by atoms with Crippen LogP contribution in [0.15, 0.2) is 22.8 Å². The molecule has 1 atom stereocenters. The maximum atomic E-state index is 5.81. The summed E-state index contributed by atoms with van der Waals surface area (Å²) in [4.78, 5) is 0. The highest BCUT2D eigenvalue weighted by Crippen LogP contribution is 2.35. The zero-order chi connectivity index (χ0) is 14.7. The smallest absolute Gasteiger partial charge is 0.125 e. The molecule has 3 rings (SSSR count). The van der Waals surface area contributed by atoms with E-state index in [9.17, 15) is 0 Å². The molecule has 0 spiro atoms. The summed E-state index contributed by atoms with van der Waals surface area (Å²) in [7, 11) is 0. The Bertz CT molecular complexity index is 600. The average molecular weight is 351 g/mol. The van der Waals surface area contributed by atoms with Crippen molar-refractivity contribution in [2.24, 2.45) is 0 Å². The van der Waals surface area contributed by atoms with E-state index in [1.54, 1.807) is 6.20 Å². The van der Waals surface area contributed by atoms with Gasteiger partial charge in [-0.05, 0) is 42.6 Å². The SMILES string of the molecule is CCCNC(Cc1cc(Br)cc2c1OCC2)c1cn[nH]n1. The van der Waals surface area contributed by atoms with E-state index in [-0.39, 0.29) is 6.04 Å².